The third-order valence-corrected chi connectivity index (χ3v) is 4.99. The molecule has 0 amide bonds. The van der Waals surface area contributed by atoms with E-state index < -0.39 is 0 Å². The minimum Gasteiger partial charge on any atom is -0.356 e. The van der Waals surface area contributed by atoms with E-state index in [2.05, 4.69) is 44.2 Å². The van der Waals surface area contributed by atoms with Crippen molar-refractivity contribution < 1.29 is 0 Å². The molecule has 2 aromatic rings. The SMILES string of the molecule is CCc1ccc(CNC(=NC)NCCCCn2ccnc2C)s1. The second kappa shape index (κ2) is 9.35. The highest BCUT2D eigenvalue weighted by molar-refractivity contribution is 7.11. The first-order valence-corrected chi connectivity index (χ1v) is 9.04. The number of unbranched alkanes of at least 4 members (excludes halogenated alkanes) is 1. The summed E-state index contributed by atoms with van der Waals surface area (Å²) in [6.45, 7) is 7.01. The molecule has 0 aliphatic heterocycles. The Hall–Kier alpha value is -1.82. The van der Waals surface area contributed by atoms with E-state index in [-0.39, 0.29) is 0 Å². The Morgan fingerprint density at radius 2 is 2.09 bits per heavy atom. The van der Waals surface area contributed by atoms with Gasteiger partial charge in [0.2, 0.25) is 0 Å². The summed E-state index contributed by atoms with van der Waals surface area (Å²) in [5.41, 5.74) is 0. The molecule has 126 valence electrons. The summed E-state index contributed by atoms with van der Waals surface area (Å²) < 4.78 is 2.19. The van der Waals surface area contributed by atoms with Crippen LogP contribution < -0.4 is 10.6 Å². The maximum atomic E-state index is 4.28. The molecule has 2 heterocycles. The smallest absolute Gasteiger partial charge is 0.191 e. The molecule has 0 aliphatic rings. The van der Waals surface area contributed by atoms with Crippen LogP contribution in [-0.4, -0.2) is 29.1 Å². The van der Waals surface area contributed by atoms with Gasteiger partial charge in [-0.25, -0.2) is 4.98 Å². The number of aromatic nitrogens is 2. The molecular formula is C17H27N5S. The molecule has 23 heavy (non-hydrogen) atoms. The highest BCUT2D eigenvalue weighted by Crippen LogP contribution is 2.16. The lowest BCUT2D eigenvalue weighted by atomic mass is 10.3. The molecule has 0 fully saturated rings. The molecular weight excluding hydrogens is 306 g/mol. The molecule has 0 atom stereocenters. The topological polar surface area (TPSA) is 54.2 Å². The summed E-state index contributed by atoms with van der Waals surface area (Å²) in [6.07, 6.45) is 7.24. The van der Waals surface area contributed by atoms with Gasteiger partial charge in [-0.2, -0.15) is 0 Å². The maximum Gasteiger partial charge on any atom is 0.191 e. The zero-order valence-electron chi connectivity index (χ0n) is 14.3. The molecule has 0 aromatic carbocycles. The van der Waals surface area contributed by atoms with Crippen molar-refractivity contribution in [3.8, 4) is 0 Å². The quantitative estimate of drug-likeness (QED) is 0.444. The van der Waals surface area contributed by atoms with E-state index >= 15 is 0 Å². The van der Waals surface area contributed by atoms with Crippen molar-refractivity contribution in [3.63, 3.8) is 0 Å². The fraction of sp³-hybridized carbons (Fsp3) is 0.529. The Labute approximate surface area is 142 Å². The van der Waals surface area contributed by atoms with Crippen LogP contribution in [0.2, 0.25) is 0 Å². The first-order chi connectivity index (χ1) is 11.2. The Morgan fingerprint density at radius 3 is 2.74 bits per heavy atom. The molecule has 2 N–H and O–H groups in total. The van der Waals surface area contributed by atoms with Gasteiger partial charge in [-0.15, -0.1) is 11.3 Å². The van der Waals surface area contributed by atoms with Gasteiger partial charge in [0.15, 0.2) is 5.96 Å². The van der Waals surface area contributed by atoms with Crippen molar-refractivity contribution in [3.05, 3.63) is 40.1 Å². The molecule has 0 spiro atoms. The lowest BCUT2D eigenvalue weighted by Gasteiger charge is -2.11. The summed E-state index contributed by atoms with van der Waals surface area (Å²) in [4.78, 5) is 11.3. The van der Waals surface area contributed by atoms with Gasteiger partial charge in [0.1, 0.15) is 5.82 Å². The van der Waals surface area contributed by atoms with Crippen LogP contribution in [0.15, 0.2) is 29.5 Å². The number of nitrogens with one attached hydrogen (secondary N) is 2. The predicted octanol–water partition coefficient (Wildman–Crippen LogP) is 2.96. The highest BCUT2D eigenvalue weighted by atomic mass is 32.1. The number of rotatable bonds is 8. The molecule has 2 rings (SSSR count). The summed E-state index contributed by atoms with van der Waals surface area (Å²) in [6, 6.07) is 4.40. The summed E-state index contributed by atoms with van der Waals surface area (Å²) >= 11 is 1.86. The van der Waals surface area contributed by atoms with Gasteiger partial charge in [0.25, 0.3) is 0 Å². The molecule has 0 bridgehead atoms. The minimum absolute atomic E-state index is 0.832. The number of hydrogen-bond acceptors (Lipinski definition) is 3. The van der Waals surface area contributed by atoms with E-state index in [9.17, 15) is 0 Å². The van der Waals surface area contributed by atoms with E-state index in [1.807, 2.05) is 37.7 Å². The van der Waals surface area contributed by atoms with Crippen LogP contribution in [0.25, 0.3) is 0 Å². The molecule has 2 aromatic heterocycles. The average molecular weight is 334 g/mol. The first-order valence-electron chi connectivity index (χ1n) is 8.22. The lowest BCUT2D eigenvalue weighted by Crippen LogP contribution is -2.37. The van der Waals surface area contributed by atoms with Crippen LogP contribution >= 0.6 is 11.3 Å². The van der Waals surface area contributed by atoms with Crippen LogP contribution in [0.3, 0.4) is 0 Å². The Morgan fingerprint density at radius 1 is 1.26 bits per heavy atom. The summed E-state index contributed by atoms with van der Waals surface area (Å²) in [5.74, 6) is 1.95. The second-order valence-electron chi connectivity index (χ2n) is 5.45. The van der Waals surface area contributed by atoms with Gasteiger partial charge in [-0.3, -0.25) is 4.99 Å². The van der Waals surface area contributed by atoms with Crippen molar-refractivity contribution in [2.24, 2.45) is 4.99 Å². The molecule has 0 radical (unpaired) electrons. The van der Waals surface area contributed by atoms with Crippen LogP contribution in [0.1, 0.15) is 35.3 Å². The number of aliphatic imine (C=N–C) groups is 1. The third kappa shape index (κ3) is 5.71. The first kappa shape index (κ1) is 17.5. The Balaban J connectivity index is 1.62. The number of imidazole rings is 1. The molecule has 5 nitrogen and oxygen atoms in total. The van der Waals surface area contributed by atoms with Gasteiger partial charge in [-0.1, -0.05) is 6.92 Å². The standard InChI is InChI=1S/C17H27N5S/c1-4-15-7-8-16(23-15)13-21-17(18-3)20-9-5-6-11-22-12-10-19-14(22)2/h7-8,10,12H,4-6,9,11,13H2,1-3H3,(H2,18,20,21). The van der Waals surface area contributed by atoms with E-state index in [1.165, 1.54) is 9.75 Å². The predicted molar refractivity (Wildman–Crippen MR) is 98.1 cm³/mol. The Kier molecular flexibility index (Phi) is 7.13. The third-order valence-electron chi connectivity index (χ3n) is 3.76. The van der Waals surface area contributed by atoms with Crippen LogP contribution in [0.5, 0.6) is 0 Å². The second-order valence-corrected chi connectivity index (χ2v) is 6.70. The van der Waals surface area contributed by atoms with Gasteiger partial charge in [0.05, 0.1) is 6.54 Å². The van der Waals surface area contributed by atoms with Crippen molar-refractivity contribution in [2.45, 2.75) is 46.2 Å². The summed E-state index contributed by atoms with van der Waals surface area (Å²) in [7, 11) is 1.82. The minimum atomic E-state index is 0.832. The van der Waals surface area contributed by atoms with Crippen LogP contribution in [-0.2, 0) is 19.5 Å². The maximum absolute atomic E-state index is 4.28. The summed E-state index contributed by atoms with van der Waals surface area (Å²) in [5, 5.41) is 6.74. The van der Waals surface area contributed by atoms with Crippen molar-refractivity contribution in [1.82, 2.24) is 20.2 Å². The van der Waals surface area contributed by atoms with Crippen LogP contribution in [0, 0.1) is 6.92 Å². The van der Waals surface area contributed by atoms with Gasteiger partial charge in [0, 0.05) is 42.3 Å². The zero-order valence-corrected chi connectivity index (χ0v) is 15.1. The monoisotopic (exact) mass is 333 g/mol. The number of nitrogens with zero attached hydrogens (tertiary/aromatic N) is 3. The molecule has 6 heteroatoms. The van der Waals surface area contributed by atoms with E-state index in [0.717, 1.165) is 50.7 Å². The molecule has 0 unspecified atom stereocenters. The van der Waals surface area contributed by atoms with Gasteiger partial charge in [-0.05, 0) is 38.3 Å². The van der Waals surface area contributed by atoms with Crippen LogP contribution in [0.4, 0.5) is 0 Å². The fourth-order valence-electron chi connectivity index (χ4n) is 2.35. The zero-order chi connectivity index (χ0) is 16.5. The van der Waals surface area contributed by atoms with E-state index in [0.29, 0.717) is 0 Å². The van der Waals surface area contributed by atoms with E-state index in [4.69, 9.17) is 0 Å². The number of aryl methyl sites for hydroxylation is 3. The Bertz CT molecular complexity index is 614. The lowest BCUT2D eigenvalue weighted by molar-refractivity contribution is 0.588. The molecule has 0 saturated heterocycles. The normalized spacial score (nSPS) is 11.7. The van der Waals surface area contributed by atoms with Gasteiger partial charge < -0.3 is 15.2 Å². The number of thiophene rings is 1. The van der Waals surface area contributed by atoms with Crippen molar-refractivity contribution in [1.29, 1.82) is 0 Å². The number of guanidine groups is 1. The van der Waals surface area contributed by atoms with Gasteiger partial charge >= 0.3 is 0 Å². The van der Waals surface area contributed by atoms with Crippen molar-refractivity contribution >= 4 is 17.3 Å². The average Bonchev–Trinajstić information content (AvgIpc) is 3.19. The largest absolute Gasteiger partial charge is 0.356 e. The molecule has 0 aliphatic carbocycles. The molecule has 0 saturated carbocycles. The fourth-order valence-corrected chi connectivity index (χ4v) is 3.25. The number of hydrogen-bond donors (Lipinski definition) is 2. The van der Waals surface area contributed by atoms with E-state index in [1.54, 1.807) is 0 Å². The van der Waals surface area contributed by atoms with Crippen molar-refractivity contribution in [2.75, 3.05) is 13.6 Å². The highest BCUT2D eigenvalue weighted by Gasteiger charge is 2.01.